The van der Waals surface area contributed by atoms with E-state index in [1.165, 1.54) is 6.07 Å². The molecule has 0 saturated carbocycles. The summed E-state index contributed by atoms with van der Waals surface area (Å²) in [5.41, 5.74) is 3.33. The molecule has 6 heteroatoms. The maximum absolute atomic E-state index is 10.9. The fourth-order valence-corrected chi connectivity index (χ4v) is 0.639. The average molecular weight is 186 g/mol. The van der Waals surface area contributed by atoms with Crippen LogP contribution in [-0.2, 0) is 19.1 Å². The van der Waals surface area contributed by atoms with Gasteiger partial charge in [0.15, 0.2) is 0 Å². The van der Waals surface area contributed by atoms with Gasteiger partial charge in [-0.3, -0.25) is 4.79 Å². The number of ether oxygens (including phenoxy) is 2. The van der Waals surface area contributed by atoms with Crippen molar-refractivity contribution in [1.29, 1.82) is 5.26 Å². The van der Waals surface area contributed by atoms with Crippen LogP contribution in [0.15, 0.2) is 0 Å². The normalized spacial score (nSPS) is 13.7. The van der Waals surface area contributed by atoms with Gasteiger partial charge in [0.2, 0.25) is 5.54 Å². The monoisotopic (exact) mass is 186 g/mol. The Bertz CT molecular complexity index is 258. The number of nitriles is 1. The molecular formula is C7H10N2O4. The van der Waals surface area contributed by atoms with Gasteiger partial charge in [0, 0.05) is 0 Å². The Balaban J connectivity index is 4.57. The van der Waals surface area contributed by atoms with E-state index >= 15 is 0 Å². The van der Waals surface area contributed by atoms with E-state index in [1.54, 1.807) is 0 Å². The van der Waals surface area contributed by atoms with Crippen LogP contribution in [0.1, 0.15) is 6.42 Å². The van der Waals surface area contributed by atoms with Crippen molar-refractivity contribution >= 4 is 11.9 Å². The average Bonchev–Trinajstić information content (AvgIpc) is 2.15. The zero-order valence-corrected chi connectivity index (χ0v) is 7.36. The molecule has 0 fully saturated rings. The number of esters is 2. The lowest BCUT2D eigenvalue weighted by Crippen LogP contribution is -2.49. The summed E-state index contributed by atoms with van der Waals surface area (Å²) in [5, 5.41) is 8.55. The van der Waals surface area contributed by atoms with Crippen LogP contribution >= 0.6 is 0 Å². The first-order chi connectivity index (χ1) is 6.00. The van der Waals surface area contributed by atoms with E-state index in [1.807, 2.05) is 0 Å². The third kappa shape index (κ3) is 2.72. The largest absolute Gasteiger partial charge is 0.469 e. The predicted molar refractivity (Wildman–Crippen MR) is 41.2 cm³/mol. The first-order valence-electron chi connectivity index (χ1n) is 3.35. The maximum Gasteiger partial charge on any atom is 0.341 e. The highest BCUT2D eigenvalue weighted by Crippen LogP contribution is 2.08. The molecule has 0 rings (SSSR count). The van der Waals surface area contributed by atoms with Crippen molar-refractivity contribution in [3.63, 3.8) is 0 Å². The fourth-order valence-electron chi connectivity index (χ4n) is 0.639. The molecule has 0 radical (unpaired) electrons. The molecule has 0 heterocycles. The topological polar surface area (TPSA) is 102 Å². The molecule has 6 nitrogen and oxygen atoms in total. The number of nitrogens with two attached hydrogens (primary N) is 1. The summed E-state index contributed by atoms with van der Waals surface area (Å²) in [6, 6.07) is 1.50. The van der Waals surface area contributed by atoms with Gasteiger partial charge in [-0.2, -0.15) is 5.26 Å². The predicted octanol–water partition coefficient (Wildman–Crippen LogP) is -1.06. The van der Waals surface area contributed by atoms with Crippen LogP contribution in [0.3, 0.4) is 0 Å². The van der Waals surface area contributed by atoms with Gasteiger partial charge < -0.3 is 15.2 Å². The number of hydrogen-bond donors (Lipinski definition) is 1. The van der Waals surface area contributed by atoms with E-state index in [0.29, 0.717) is 0 Å². The molecule has 13 heavy (non-hydrogen) atoms. The smallest absolute Gasteiger partial charge is 0.341 e. The van der Waals surface area contributed by atoms with Crippen LogP contribution in [0.4, 0.5) is 0 Å². The molecule has 1 atom stereocenters. The molecule has 0 spiro atoms. The SMILES string of the molecule is COC(=O)CC(N)(C#N)C(=O)OC. The lowest BCUT2D eigenvalue weighted by molar-refractivity contribution is -0.151. The Hall–Kier alpha value is -1.61. The Morgan fingerprint density at radius 3 is 2.31 bits per heavy atom. The highest BCUT2D eigenvalue weighted by molar-refractivity contribution is 5.89. The minimum Gasteiger partial charge on any atom is -0.469 e. The minimum atomic E-state index is -1.96. The number of carbonyl (C=O) groups excluding carboxylic acids is 2. The van der Waals surface area contributed by atoms with Crippen LogP contribution in [0.2, 0.25) is 0 Å². The van der Waals surface area contributed by atoms with Crippen molar-refractivity contribution in [2.45, 2.75) is 12.0 Å². The van der Waals surface area contributed by atoms with Gasteiger partial charge in [0.05, 0.1) is 26.7 Å². The molecule has 0 aromatic heterocycles. The van der Waals surface area contributed by atoms with Crippen molar-refractivity contribution in [2.24, 2.45) is 5.73 Å². The van der Waals surface area contributed by atoms with Gasteiger partial charge in [-0.15, -0.1) is 0 Å². The Kier molecular flexibility index (Phi) is 3.88. The van der Waals surface area contributed by atoms with Crippen molar-refractivity contribution in [3.05, 3.63) is 0 Å². The summed E-state index contributed by atoms with van der Waals surface area (Å²) in [5.74, 6) is -1.70. The van der Waals surface area contributed by atoms with Crippen LogP contribution in [0.25, 0.3) is 0 Å². The van der Waals surface area contributed by atoms with Crippen molar-refractivity contribution in [2.75, 3.05) is 14.2 Å². The summed E-state index contributed by atoms with van der Waals surface area (Å²) in [4.78, 5) is 21.7. The molecule has 0 aromatic rings. The van der Waals surface area contributed by atoms with E-state index in [2.05, 4.69) is 9.47 Å². The second-order valence-corrected chi connectivity index (χ2v) is 2.33. The quantitative estimate of drug-likeness (QED) is 0.564. The second-order valence-electron chi connectivity index (χ2n) is 2.33. The van der Waals surface area contributed by atoms with E-state index in [0.717, 1.165) is 14.2 Å². The zero-order valence-electron chi connectivity index (χ0n) is 7.36. The summed E-state index contributed by atoms with van der Waals surface area (Å²) in [6.45, 7) is 0. The van der Waals surface area contributed by atoms with E-state index in [4.69, 9.17) is 11.0 Å². The van der Waals surface area contributed by atoms with Gasteiger partial charge in [-0.05, 0) is 0 Å². The molecule has 72 valence electrons. The van der Waals surface area contributed by atoms with E-state index < -0.39 is 23.9 Å². The molecule has 0 aliphatic heterocycles. The van der Waals surface area contributed by atoms with Gasteiger partial charge in [0.25, 0.3) is 0 Å². The summed E-state index contributed by atoms with van der Waals surface area (Å²) < 4.78 is 8.52. The van der Waals surface area contributed by atoms with Crippen molar-refractivity contribution < 1.29 is 19.1 Å². The number of hydrogen-bond acceptors (Lipinski definition) is 6. The summed E-state index contributed by atoms with van der Waals surface area (Å²) in [6.07, 6.45) is -0.521. The fraction of sp³-hybridized carbons (Fsp3) is 0.571. The number of methoxy groups -OCH3 is 2. The maximum atomic E-state index is 10.9. The molecule has 0 aliphatic carbocycles. The molecular weight excluding hydrogens is 176 g/mol. The highest BCUT2D eigenvalue weighted by atomic mass is 16.5. The van der Waals surface area contributed by atoms with Gasteiger partial charge >= 0.3 is 11.9 Å². The van der Waals surface area contributed by atoms with Crippen LogP contribution in [0.5, 0.6) is 0 Å². The molecule has 0 amide bonds. The first kappa shape index (κ1) is 11.4. The Morgan fingerprint density at radius 2 is 2.00 bits per heavy atom. The minimum absolute atomic E-state index is 0.521. The second kappa shape index (κ2) is 4.42. The lowest BCUT2D eigenvalue weighted by atomic mass is 9.99. The number of carbonyl (C=O) groups is 2. The van der Waals surface area contributed by atoms with Crippen molar-refractivity contribution in [3.8, 4) is 6.07 Å². The molecule has 1 unspecified atom stereocenters. The van der Waals surface area contributed by atoms with Crippen LogP contribution < -0.4 is 5.73 Å². The number of rotatable bonds is 3. The van der Waals surface area contributed by atoms with E-state index in [9.17, 15) is 9.59 Å². The number of nitrogens with zero attached hydrogens (tertiary/aromatic N) is 1. The summed E-state index contributed by atoms with van der Waals surface area (Å²) in [7, 11) is 2.22. The third-order valence-electron chi connectivity index (χ3n) is 1.40. The van der Waals surface area contributed by atoms with Gasteiger partial charge in [0.1, 0.15) is 0 Å². The lowest BCUT2D eigenvalue weighted by Gasteiger charge is -2.16. The van der Waals surface area contributed by atoms with Crippen LogP contribution in [-0.4, -0.2) is 31.7 Å². The molecule has 0 aliphatic rings. The first-order valence-corrected chi connectivity index (χ1v) is 3.35. The molecule has 2 N–H and O–H groups in total. The Labute approximate surface area is 75.2 Å². The van der Waals surface area contributed by atoms with Crippen LogP contribution in [0, 0.1) is 11.3 Å². The highest BCUT2D eigenvalue weighted by Gasteiger charge is 2.38. The van der Waals surface area contributed by atoms with Gasteiger partial charge in [-0.25, -0.2) is 4.79 Å². The van der Waals surface area contributed by atoms with E-state index in [-0.39, 0.29) is 0 Å². The van der Waals surface area contributed by atoms with Gasteiger partial charge in [-0.1, -0.05) is 0 Å². The third-order valence-corrected chi connectivity index (χ3v) is 1.40. The molecule has 0 bridgehead atoms. The van der Waals surface area contributed by atoms with Crippen molar-refractivity contribution in [1.82, 2.24) is 0 Å². The summed E-state index contributed by atoms with van der Waals surface area (Å²) >= 11 is 0. The zero-order chi connectivity index (χ0) is 10.5. The molecule has 0 saturated heterocycles. The standard InChI is InChI=1S/C7H10N2O4/c1-12-5(10)3-7(9,4-8)6(11)13-2/h3,9H2,1-2H3. The Morgan fingerprint density at radius 1 is 1.46 bits per heavy atom. The molecule has 0 aromatic carbocycles.